The van der Waals surface area contributed by atoms with E-state index in [1.807, 2.05) is 4.90 Å². The SMILES string of the molecule is O=C1C(=Cc2ccc(N3CCN(c4ccc([N+](=O)[O-])cc4)CC3)c([N+](=O)[O-])c2)C(=O)c2ccccc21. The zero-order valence-corrected chi connectivity index (χ0v) is 19.0. The first-order valence-electron chi connectivity index (χ1n) is 11.3. The van der Waals surface area contributed by atoms with Crippen molar-refractivity contribution in [3.05, 3.63) is 109 Å². The average molecular weight is 484 g/mol. The van der Waals surface area contributed by atoms with Gasteiger partial charge in [0, 0.05) is 61.2 Å². The number of anilines is 2. The van der Waals surface area contributed by atoms with E-state index in [4.69, 9.17) is 0 Å². The molecule has 1 fully saturated rings. The highest BCUT2D eigenvalue weighted by molar-refractivity contribution is 6.41. The minimum atomic E-state index is -0.465. The lowest BCUT2D eigenvalue weighted by molar-refractivity contribution is -0.384. The van der Waals surface area contributed by atoms with Gasteiger partial charge in [0.05, 0.1) is 15.4 Å². The summed E-state index contributed by atoms with van der Waals surface area (Å²) in [5.41, 5.74) is 2.30. The topological polar surface area (TPSA) is 127 Å². The summed E-state index contributed by atoms with van der Waals surface area (Å²) in [5, 5.41) is 22.8. The zero-order valence-electron chi connectivity index (χ0n) is 19.0. The van der Waals surface area contributed by atoms with Crippen LogP contribution in [0.1, 0.15) is 26.3 Å². The first kappa shape index (κ1) is 22.9. The molecule has 10 heteroatoms. The van der Waals surface area contributed by atoms with Crippen molar-refractivity contribution in [2.75, 3.05) is 36.0 Å². The van der Waals surface area contributed by atoms with E-state index < -0.39 is 9.85 Å². The summed E-state index contributed by atoms with van der Waals surface area (Å²) >= 11 is 0. The van der Waals surface area contributed by atoms with Crippen LogP contribution in [0.5, 0.6) is 0 Å². The normalized spacial score (nSPS) is 15.2. The van der Waals surface area contributed by atoms with Crippen LogP contribution >= 0.6 is 0 Å². The van der Waals surface area contributed by atoms with Crippen LogP contribution in [0.2, 0.25) is 0 Å². The first-order valence-corrected chi connectivity index (χ1v) is 11.3. The standard InChI is InChI=1S/C26H20N4O6/c31-25-20-3-1-2-4-21(20)26(32)22(25)15-17-5-10-23(24(16-17)30(35)36)28-13-11-27(12-14-28)18-6-8-19(9-7-18)29(33)34/h1-10,15-16H,11-14H2. The summed E-state index contributed by atoms with van der Waals surface area (Å²) in [4.78, 5) is 51.2. The molecule has 3 aromatic carbocycles. The van der Waals surface area contributed by atoms with Crippen LogP contribution in [0, 0.1) is 20.2 Å². The van der Waals surface area contributed by atoms with Crippen molar-refractivity contribution in [2.45, 2.75) is 0 Å². The summed E-state index contributed by atoms with van der Waals surface area (Å²) in [5.74, 6) is -0.769. The Morgan fingerprint density at radius 3 is 1.86 bits per heavy atom. The summed E-state index contributed by atoms with van der Waals surface area (Å²) in [6, 6.07) is 17.6. The number of carbonyl (C=O) groups is 2. The van der Waals surface area contributed by atoms with Crippen LogP contribution in [0.3, 0.4) is 0 Å². The van der Waals surface area contributed by atoms with E-state index in [1.54, 1.807) is 48.5 Å². The molecule has 0 amide bonds. The highest BCUT2D eigenvalue weighted by atomic mass is 16.6. The number of benzene rings is 3. The lowest BCUT2D eigenvalue weighted by Crippen LogP contribution is -2.46. The number of nitro benzene ring substituents is 2. The second kappa shape index (κ2) is 9.06. The number of Topliss-reactive ketones (excluding diaryl/α,β-unsaturated/α-hetero) is 2. The first-order chi connectivity index (χ1) is 17.3. The monoisotopic (exact) mass is 484 g/mol. The Bertz CT molecular complexity index is 1400. The average Bonchev–Trinajstić information content (AvgIpc) is 3.14. The van der Waals surface area contributed by atoms with E-state index in [1.165, 1.54) is 24.3 Å². The molecule has 5 rings (SSSR count). The van der Waals surface area contributed by atoms with Gasteiger partial charge in [0.2, 0.25) is 0 Å². The molecule has 0 radical (unpaired) electrons. The molecule has 1 aliphatic carbocycles. The van der Waals surface area contributed by atoms with Crippen molar-refractivity contribution in [3.8, 4) is 0 Å². The molecule has 2 aliphatic rings. The molecular weight excluding hydrogens is 464 g/mol. The molecule has 0 bridgehead atoms. The summed E-state index contributed by atoms with van der Waals surface area (Å²) in [7, 11) is 0. The maximum absolute atomic E-state index is 12.7. The summed E-state index contributed by atoms with van der Waals surface area (Å²) < 4.78 is 0. The molecule has 1 saturated heterocycles. The Morgan fingerprint density at radius 1 is 0.722 bits per heavy atom. The quantitative estimate of drug-likeness (QED) is 0.227. The Labute approximate surface area is 205 Å². The van der Waals surface area contributed by atoms with Crippen molar-refractivity contribution in [1.82, 2.24) is 0 Å². The van der Waals surface area contributed by atoms with Gasteiger partial charge in [-0.2, -0.15) is 0 Å². The van der Waals surface area contributed by atoms with Gasteiger partial charge in [0.15, 0.2) is 11.6 Å². The number of carbonyl (C=O) groups excluding carboxylic acids is 2. The van der Waals surface area contributed by atoms with Gasteiger partial charge in [0.25, 0.3) is 11.4 Å². The predicted molar refractivity (Wildman–Crippen MR) is 134 cm³/mol. The number of hydrogen-bond donors (Lipinski definition) is 0. The van der Waals surface area contributed by atoms with E-state index in [9.17, 15) is 29.8 Å². The number of hydrogen-bond acceptors (Lipinski definition) is 8. The summed E-state index contributed by atoms with van der Waals surface area (Å²) in [6.45, 7) is 2.21. The minimum Gasteiger partial charge on any atom is -0.368 e. The van der Waals surface area contributed by atoms with E-state index in [-0.39, 0.29) is 28.5 Å². The Kier molecular flexibility index (Phi) is 5.77. The highest BCUT2D eigenvalue weighted by Gasteiger charge is 2.33. The molecule has 0 spiro atoms. The second-order valence-electron chi connectivity index (χ2n) is 8.51. The van der Waals surface area contributed by atoms with Crippen molar-refractivity contribution >= 4 is 40.4 Å². The number of nitrogens with zero attached hydrogens (tertiary/aromatic N) is 4. The maximum atomic E-state index is 12.7. The molecule has 0 N–H and O–H groups in total. The van der Waals surface area contributed by atoms with Crippen molar-refractivity contribution in [1.29, 1.82) is 0 Å². The van der Waals surface area contributed by atoms with Crippen molar-refractivity contribution < 1.29 is 19.4 Å². The second-order valence-corrected chi connectivity index (χ2v) is 8.51. The zero-order chi connectivity index (χ0) is 25.4. The molecule has 0 saturated carbocycles. The predicted octanol–water partition coefficient (Wildman–Crippen LogP) is 4.29. The molecule has 180 valence electrons. The molecule has 36 heavy (non-hydrogen) atoms. The number of non-ortho nitro benzene ring substituents is 1. The Hall–Kier alpha value is -4.86. The van der Waals surface area contributed by atoms with E-state index in [0.29, 0.717) is 48.6 Å². The molecule has 10 nitrogen and oxygen atoms in total. The molecule has 1 aliphatic heterocycles. The third-order valence-corrected chi connectivity index (χ3v) is 6.46. The third kappa shape index (κ3) is 4.09. The van der Waals surface area contributed by atoms with Crippen LogP contribution in [-0.4, -0.2) is 47.6 Å². The van der Waals surface area contributed by atoms with Gasteiger partial charge in [-0.15, -0.1) is 0 Å². The number of allylic oxidation sites excluding steroid dienone is 1. The van der Waals surface area contributed by atoms with Gasteiger partial charge in [-0.1, -0.05) is 30.3 Å². The maximum Gasteiger partial charge on any atom is 0.293 e. The molecule has 0 aromatic heterocycles. The Morgan fingerprint density at radius 2 is 1.31 bits per heavy atom. The van der Waals surface area contributed by atoms with Crippen LogP contribution in [0.25, 0.3) is 6.08 Å². The molecule has 1 heterocycles. The van der Waals surface area contributed by atoms with E-state index in [2.05, 4.69) is 4.90 Å². The lowest BCUT2D eigenvalue weighted by atomic mass is 10.1. The van der Waals surface area contributed by atoms with Crippen LogP contribution in [0.4, 0.5) is 22.7 Å². The van der Waals surface area contributed by atoms with Gasteiger partial charge in [0.1, 0.15) is 5.69 Å². The molecule has 0 atom stereocenters. The smallest absolute Gasteiger partial charge is 0.293 e. The number of nitro groups is 2. The van der Waals surface area contributed by atoms with E-state index in [0.717, 1.165) is 5.69 Å². The number of fused-ring (bicyclic) bond motifs is 1. The van der Waals surface area contributed by atoms with Crippen LogP contribution in [-0.2, 0) is 0 Å². The fourth-order valence-corrected chi connectivity index (χ4v) is 4.60. The van der Waals surface area contributed by atoms with Crippen molar-refractivity contribution in [2.24, 2.45) is 0 Å². The minimum absolute atomic E-state index is 0.00467. The number of ketones is 2. The van der Waals surface area contributed by atoms with Gasteiger partial charge in [-0.05, 0) is 29.8 Å². The van der Waals surface area contributed by atoms with Gasteiger partial charge < -0.3 is 9.80 Å². The molecule has 0 unspecified atom stereocenters. The fraction of sp³-hybridized carbons (Fsp3) is 0.154. The number of rotatable bonds is 5. The largest absolute Gasteiger partial charge is 0.368 e. The van der Waals surface area contributed by atoms with Crippen LogP contribution in [0.15, 0.2) is 72.3 Å². The number of piperazine rings is 1. The highest BCUT2D eigenvalue weighted by Crippen LogP contribution is 2.33. The van der Waals surface area contributed by atoms with Gasteiger partial charge in [-0.3, -0.25) is 29.8 Å². The lowest BCUT2D eigenvalue weighted by Gasteiger charge is -2.37. The summed E-state index contributed by atoms with van der Waals surface area (Å²) in [6.07, 6.45) is 1.41. The molecular formula is C26H20N4O6. The van der Waals surface area contributed by atoms with Gasteiger partial charge in [-0.25, -0.2) is 0 Å². The van der Waals surface area contributed by atoms with Gasteiger partial charge >= 0.3 is 0 Å². The fourth-order valence-electron chi connectivity index (χ4n) is 4.60. The van der Waals surface area contributed by atoms with E-state index >= 15 is 0 Å². The molecule has 3 aromatic rings. The van der Waals surface area contributed by atoms with Crippen LogP contribution < -0.4 is 9.80 Å². The third-order valence-electron chi connectivity index (χ3n) is 6.46. The van der Waals surface area contributed by atoms with Crippen molar-refractivity contribution in [3.63, 3.8) is 0 Å². The Balaban J connectivity index is 1.35.